The van der Waals surface area contributed by atoms with E-state index in [2.05, 4.69) is 16.3 Å². The van der Waals surface area contributed by atoms with Gasteiger partial charge in [-0.05, 0) is 12.5 Å². The molecule has 1 rings (SSSR count). The zero-order chi connectivity index (χ0) is 10.4. The molecule has 0 amide bonds. The van der Waals surface area contributed by atoms with Crippen molar-refractivity contribution in [3.05, 3.63) is 24.8 Å². The molecule has 0 aromatic heterocycles. The van der Waals surface area contributed by atoms with Crippen LogP contribution in [-0.4, -0.2) is 31.6 Å². The van der Waals surface area contributed by atoms with Crippen LogP contribution in [0.5, 0.6) is 0 Å². The third-order valence-corrected chi connectivity index (χ3v) is 1.82. The van der Waals surface area contributed by atoms with E-state index in [4.69, 9.17) is 4.74 Å². The second kappa shape index (κ2) is 5.21. The fourth-order valence-corrected chi connectivity index (χ4v) is 1.11. The molecule has 0 fully saturated rings. The molecule has 0 aliphatic carbocycles. The smallest absolute Gasteiger partial charge is 0.334 e. The van der Waals surface area contributed by atoms with E-state index in [1.54, 1.807) is 12.2 Å². The molecule has 0 radical (unpaired) electrons. The van der Waals surface area contributed by atoms with Crippen molar-refractivity contribution in [3.63, 3.8) is 0 Å². The van der Waals surface area contributed by atoms with Gasteiger partial charge in [-0.2, -0.15) is 0 Å². The third-order valence-electron chi connectivity index (χ3n) is 1.82. The summed E-state index contributed by atoms with van der Waals surface area (Å²) in [7, 11) is 1.33. The molecule has 0 aromatic rings. The van der Waals surface area contributed by atoms with Crippen LogP contribution in [0.25, 0.3) is 0 Å². The fraction of sp³-hybridized carbons (Fsp3) is 0.400. The van der Waals surface area contributed by atoms with Crippen LogP contribution >= 0.6 is 0 Å². The van der Waals surface area contributed by atoms with Crippen LogP contribution in [0.2, 0.25) is 0 Å². The maximum atomic E-state index is 11.2. The molecule has 0 N–H and O–H groups in total. The fourth-order valence-electron chi connectivity index (χ4n) is 1.11. The second-order valence-electron chi connectivity index (χ2n) is 2.78. The van der Waals surface area contributed by atoms with Crippen LogP contribution in [-0.2, 0) is 14.3 Å². The lowest BCUT2D eigenvalue weighted by atomic mass is 10.1. The van der Waals surface area contributed by atoms with E-state index in [1.807, 2.05) is 6.08 Å². The molecule has 14 heavy (non-hydrogen) atoms. The Morgan fingerprint density at radius 3 is 3.21 bits per heavy atom. The zero-order valence-corrected chi connectivity index (χ0v) is 8.05. The van der Waals surface area contributed by atoms with Crippen LogP contribution in [0.15, 0.2) is 29.8 Å². The van der Waals surface area contributed by atoms with E-state index in [1.165, 1.54) is 13.5 Å². The molecular weight excluding hydrogens is 182 g/mol. The molecular formula is C10H13NO3. The number of hydrogen-bond acceptors (Lipinski definition) is 4. The van der Waals surface area contributed by atoms with Crippen LogP contribution in [0.4, 0.5) is 0 Å². The highest BCUT2D eigenvalue weighted by Gasteiger charge is 2.31. The summed E-state index contributed by atoms with van der Waals surface area (Å²) in [4.78, 5) is 15.1. The second-order valence-corrected chi connectivity index (χ2v) is 2.78. The van der Waals surface area contributed by atoms with Gasteiger partial charge in [-0.15, -0.1) is 6.58 Å². The number of ether oxygens (including phenoxy) is 2. The molecule has 2 unspecified atom stereocenters. The van der Waals surface area contributed by atoms with Gasteiger partial charge in [-0.1, -0.05) is 12.2 Å². The third kappa shape index (κ3) is 2.45. The molecule has 0 saturated carbocycles. The Kier molecular flexibility index (Phi) is 3.91. The minimum Gasteiger partial charge on any atom is -0.473 e. The van der Waals surface area contributed by atoms with Gasteiger partial charge in [0.1, 0.15) is 0 Å². The molecule has 0 spiro atoms. The van der Waals surface area contributed by atoms with Gasteiger partial charge in [0, 0.05) is 0 Å². The maximum Gasteiger partial charge on any atom is 0.334 e. The number of nitrogens with zero attached hydrogens (tertiary/aromatic N) is 1. The number of allylic oxidation sites excluding steroid dienone is 2. The van der Waals surface area contributed by atoms with Crippen molar-refractivity contribution in [2.45, 2.75) is 18.6 Å². The Labute approximate surface area is 82.9 Å². The molecule has 0 bridgehead atoms. The number of carbonyl (C=O) groups is 1. The number of esters is 1. The number of methoxy groups -OCH3 is 1. The number of aliphatic imine (C=N–C) groups is 1. The molecule has 0 saturated heterocycles. The van der Waals surface area contributed by atoms with E-state index < -0.39 is 6.04 Å². The Morgan fingerprint density at radius 2 is 2.57 bits per heavy atom. The number of carbonyl (C=O) groups excluding carboxylic acids is 1. The molecule has 76 valence electrons. The van der Waals surface area contributed by atoms with E-state index >= 15 is 0 Å². The topological polar surface area (TPSA) is 47.9 Å². The van der Waals surface area contributed by atoms with Gasteiger partial charge in [-0.3, -0.25) is 0 Å². The largest absolute Gasteiger partial charge is 0.473 e. The molecule has 4 nitrogen and oxygen atoms in total. The first-order valence-electron chi connectivity index (χ1n) is 4.32. The van der Waals surface area contributed by atoms with Crippen molar-refractivity contribution in [2.75, 3.05) is 7.11 Å². The first-order chi connectivity index (χ1) is 6.79. The summed E-state index contributed by atoms with van der Waals surface area (Å²) >= 11 is 0. The van der Waals surface area contributed by atoms with E-state index in [0.717, 1.165) is 6.42 Å². The highest BCUT2D eigenvalue weighted by molar-refractivity contribution is 5.80. The monoisotopic (exact) mass is 195 g/mol. The predicted molar refractivity (Wildman–Crippen MR) is 53.1 cm³/mol. The summed E-state index contributed by atoms with van der Waals surface area (Å²) in [6.07, 6.45) is 7.11. The summed E-state index contributed by atoms with van der Waals surface area (Å²) in [6, 6.07) is -0.568. The van der Waals surface area contributed by atoms with Gasteiger partial charge < -0.3 is 9.47 Å². The highest BCUT2D eigenvalue weighted by Crippen LogP contribution is 2.12. The predicted octanol–water partition coefficient (Wildman–Crippen LogP) is 1.09. The van der Waals surface area contributed by atoms with Crippen LogP contribution in [0.1, 0.15) is 6.42 Å². The molecule has 0 aromatic carbocycles. The van der Waals surface area contributed by atoms with Crippen molar-refractivity contribution in [1.82, 2.24) is 0 Å². The molecule has 1 aliphatic heterocycles. The SMILES string of the molecule is C=CCC=CC1OC=NC1C(=O)OC. The zero-order valence-electron chi connectivity index (χ0n) is 8.05. The first-order valence-corrected chi connectivity index (χ1v) is 4.32. The quantitative estimate of drug-likeness (QED) is 0.498. The minimum atomic E-state index is -0.568. The Morgan fingerprint density at radius 1 is 1.79 bits per heavy atom. The Balaban J connectivity index is 2.53. The Hall–Kier alpha value is -1.58. The van der Waals surface area contributed by atoms with Crippen molar-refractivity contribution in [3.8, 4) is 0 Å². The van der Waals surface area contributed by atoms with Gasteiger partial charge in [0.05, 0.1) is 7.11 Å². The molecule has 2 atom stereocenters. The van der Waals surface area contributed by atoms with Gasteiger partial charge in [-0.25, -0.2) is 9.79 Å². The summed E-state index contributed by atoms with van der Waals surface area (Å²) in [5.41, 5.74) is 0. The lowest BCUT2D eigenvalue weighted by Crippen LogP contribution is -2.29. The molecule has 4 heteroatoms. The summed E-state index contributed by atoms with van der Waals surface area (Å²) in [5.74, 6) is -0.382. The van der Waals surface area contributed by atoms with E-state index in [-0.39, 0.29) is 12.1 Å². The van der Waals surface area contributed by atoms with E-state index in [0.29, 0.717) is 0 Å². The maximum absolute atomic E-state index is 11.2. The van der Waals surface area contributed by atoms with Gasteiger partial charge in [0.25, 0.3) is 0 Å². The molecule has 1 aliphatic rings. The van der Waals surface area contributed by atoms with Crippen molar-refractivity contribution >= 4 is 12.4 Å². The summed E-state index contributed by atoms with van der Waals surface area (Å²) in [5, 5.41) is 0. The number of rotatable bonds is 4. The van der Waals surface area contributed by atoms with Crippen LogP contribution in [0.3, 0.4) is 0 Å². The summed E-state index contributed by atoms with van der Waals surface area (Å²) in [6.45, 7) is 3.58. The first kappa shape index (κ1) is 10.5. The minimum absolute atomic E-state index is 0.345. The van der Waals surface area contributed by atoms with Crippen molar-refractivity contribution < 1.29 is 14.3 Å². The van der Waals surface area contributed by atoms with Gasteiger partial charge in [0.15, 0.2) is 18.5 Å². The Bertz CT molecular complexity index is 271. The number of hydrogen-bond donors (Lipinski definition) is 0. The lowest BCUT2D eigenvalue weighted by Gasteiger charge is -2.10. The average Bonchev–Trinajstić information content (AvgIpc) is 2.65. The lowest BCUT2D eigenvalue weighted by molar-refractivity contribution is -0.143. The van der Waals surface area contributed by atoms with Gasteiger partial charge in [0.2, 0.25) is 0 Å². The van der Waals surface area contributed by atoms with Crippen LogP contribution in [0, 0.1) is 0 Å². The van der Waals surface area contributed by atoms with Crippen molar-refractivity contribution in [1.29, 1.82) is 0 Å². The summed E-state index contributed by atoms with van der Waals surface area (Å²) < 4.78 is 9.71. The van der Waals surface area contributed by atoms with Crippen molar-refractivity contribution in [2.24, 2.45) is 4.99 Å². The average molecular weight is 195 g/mol. The van der Waals surface area contributed by atoms with E-state index in [9.17, 15) is 4.79 Å². The van der Waals surface area contributed by atoms with Gasteiger partial charge >= 0.3 is 5.97 Å². The standard InChI is InChI=1S/C10H13NO3/c1-3-4-5-6-8-9(10(12)13-2)11-7-14-8/h3,5-9H,1,4H2,2H3. The van der Waals surface area contributed by atoms with Crippen LogP contribution < -0.4 is 0 Å². The normalized spacial score (nSPS) is 24.9. The molecule has 1 heterocycles. The highest BCUT2D eigenvalue weighted by atomic mass is 16.5.